The van der Waals surface area contributed by atoms with Gasteiger partial charge in [-0.25, -0.2) is 4.79 Å². The molecule has 2 aromatic carbocycles. The van der Waals surface area contributed by atoms with Gasteiger partial charge in [0.25, 0.3) is 11.8 Å². The highest BCUT2D eigenvalue weighted by Crippen LogP contribution is 2.13. The summed E-state index contributed by atoms with van der Waals surface area (Å²) in [5, 5.41) is 5.46. The number of aryl methyl sites for hydroxylation is 1. The summed E-state index contributed by atoms with van der Waals surface area (Å²) in [5.74, 6) is -0.189. The molecule has 0 heterocycles. The minimum atomic E-state index is -0.793. The molecule has 0 aliphatic carbocycles. The summed E-state index contributed by atoms with van der Waals surface area (Å²) in [6.07, 6.45) is -0.793. The second-order valence-electron chi connectivity index (χ2n) is 5.69. The van der Waals surface area contributed by atoms with Crippen LogP contribution in [0.1, 0.15) is 33.2 Å². The molecule has 0 unspecified atom stereocenters. The quantitative estimate of drug-likeness (QED) is 0.444. The van der Waals surface area contributed by atoms with Crippen molar-refractivity contribution in [2.75, 3.05) is 19.7 Å². The SMILES string of the molecule is CCOC(=O)Oc1ccc(C(=O)NCCNC(=O)c2cccc(C)c2)cc1. The molecule has 0 spiro atoms. The van der Waals surface area contributed by atoms with Crippen molar-refractivity contribution >= 4 is 18.0 Å². The molecule has 0 aromatic heterocycles. The monoisotopic (exact) mass is 370 g/mol. The highest BCUT2D eigenvalue weighted by Gasteiger charge is 2.09. The summed E-state index contributed by atoms with van der Waals surface area (Å²) in [6, 6.07) is 13.4. The van der Waals surface area contributed by atoms with E-state index in [0.717, 1.165) is 5.56 Å². The Hall–Kier alpha value is -3.35. The van der Waals surface area contributed by atoms with E-state index in [9.17, 15) is 14.4 Å². The maximum atomic E-state index is 12.1. The third kappa shape index (κ3) is 6.47. The van der Waals surface area contributed by atoms with Crippen molar-refractivity contribution in [1.29, 1.82) is 0 Å². The lowest BCUT2D eigenvalue weighted by Crippen LogP contribution is -2.34. The smallest absolute Gasteiger partial charge is 0.434 e. The number of amides is 2. The van der Waals surface area contributed by atoms with E-state index in [1.807, 2.05) is 19.1 Å². The van der Waals surface area contributed by atoms with Crippen LogP contribution in [0.15, 0.2) is 48.5 Å². The lowest BCUT2D eigenvalue weighted by molar-refractivity contribution is 0.0927. The van der Waals surface area contributed by atoms with E-state index in [1.54, 1.807) is 19.1 Å². The Morgan fingerprint density at radius 2 is 1.52 bits per heavy atom. The van der Waals surface area contributed by atoms with Gasteiger partial charge < -0.3 is 20.1 Å². The third-order valence-electron chi connectivity index (χ3n) is 3.56. The van der Waals surface area contributed by atoms with E-state index in [0.29, 0.717) is 17.7 Å². The molecule has 7 heteroatoms. The van der Waals surface area contributed by atoms with Crippen LogP contribution in [0.4, 0.5) is 4.79 Å². The molecule has 0 aliphatic heterocycles. The first kappa shape index (κ1) is 20.0. The third-order valence-corrected chi connectivity index (χ3v) is 3.56. The number of benzene rings is 2. The van der Waals surface area contributed by atoms with Crippen LogP contribution >= 0.6 is 0 Å². The minimum absolute atomic E-state index is 0.187. The number of carbonyl (C=O) groups excluding carboxylic acids is 3. The number of hydrogen-bond acceptors (Lipinski definition) is 5. The number of hydrogen-bond donors (Lipinski definition) is 2. The van der Waals surface area contributed by atoms with Gasteiger partial charge in [0.1, 0.15) is 5.75 Å². The van der Waals surface area contributed by atoms with Crippen molar-refractivity contribution in [1.82, 2.24) is 10.6 Å². The molecule has 0 fully saturated rings. The Bertz CT molecular complexity index is 802. The summed E-state index contributed by atoms with van der Waals surface area (Å²) in [6.45, 7) is 4.41. The van der Waals surface area contributed by atoms with Gasteiger partial charge in [0, 0.05) is 24.2 Å². The zero-order valence-electron chi connectivity index (χ0n) is 15.3. The number of carbonyl (C=O) groups is 3. The molecular formula is C20H22N2O5. The lowest BCUT2D eigenvalue weighted by Gasteiger charge is -2.08. The van der Waals surface area contributed by atoms with Crippen LogP contribution in [0.2, 0.25) is 0 Å². The highest BCUT2D eigenvalue weighted by atomic mass is 16.7. The summed E-state index contributed by atoms with van der Waals surface area (Å²) >= 11 is 0. The van der Waals surface area contributed by atoms with Gasteiger partial charge in [0.2, 0.25) is 0 Å². The van der Waals surface area contributed by atoms with Crippen molar-refractivity contribution in [2.45, 2.75) is 13.8 Å². The van der Waals surface area contributed by atoms with Crippen LogP contribution in [-0.4, -0.2) is 37.7 Å². The molecule has 2 aromatic rings. The Kier molecular flexibility index (Phi) is 7.37. The van der Waals surface area contributed by atoms with Crippen LogP contribution in [0.3, 0.4) is 0 Å². The summed E-state index contributed by atoms with van der Waals surface area (Å²) in [4.78, 5) is 35.3. The Labute approximate surface area is 157 Å². The average Bonchev–Trinajstić information content (AvgIpc) is 2.65. The average molecular weight is 370 g/mol. The van der Waals surface area contributed by atoms with Crippen molar-refractivity contribution in [3.63, 3.8) is 0 Å². The topological polar surface area (TPSA) is 93.7 Å². The molecule has 27 heavy (non-hydrogen) atoms. The maximum Gasteiger partial charge on any atom is 0.513 e. The Balaban J connectivity index is 1.75. The van der Waals surface area contributed by atoms with Gasteiger partial charge in [0.15, 0.2) is 0 Å². The zero-order chi connectivity index (χ0) is 19.6. The zero-order valence-corrected chi connectivity index (χ0v) is 15.3. The van der Waals surface area contributed by atoms with E-state index in [1.165, 1.54) is 24.3 Å². The van der Waals surface area contributed by atoms with E-state index in [-0.39, 0.29) is 30.7 Å². The van der Waals surface area contributed by atoms with Gasteiger partial charge in [-0.05, 0) is 50.2 Å². The van der Waals surface area contributed by atoms with Gasteiger partial charge in [0.05, 0.1) is 6.61 Å². The fourth-order valence-corrected chi connectivity index (χ4v) is 2.26. The van der Waals surface area contributed by atoms with Crippen LogP contribution in [0, 0.1) is 6.92 Å². The number of ether oxygens (including phenoxy) is 2. The first-order valence-corrected chi connectivity index (χ1v) is 8.57. The Morgan fingerprint density at radius 1 is 0.889 bits per heavy atom. The molecule has 0 radical (unpaired) electrons. The van der Waals surface area contributed by atoms with E-state index in [2.05, 4.69) is 15.4 Å². The normalized spacial score (nSPS) is 10.0. The van der Waals surface area contributed by atoms with Gasteiger partial charge in [-0.2, -0.15) is 0 Å². The lowest BCUT2D eigenvalue weighted by atomic mass is 10.1. The molecule has 142 valence electrons. The highest BCUT2D eigenvalue weighted by molar-refractivity contribution is 5.95. The molecular weight excluding hydrogens is 348 g/mol. The van der Waals surface area contributed by atoms with Crippen molar-refractivity contribution in [3.8, 4) is 5.75 Å². The van der Waals surface area contributed by atoms with Gasteiger partial charge >= 0.3 is 6.16 Å². The molecule has 0 bridgehead atoms. The predicted octanol–water partition coefficient (Wildman–Crippen LogP) is 2.69. The van der Waals surface area contributed by atoms with Crippen LogP contribution < -0.4 is 15.4 Å². The molecule has 7 nitrogen and oxygen atoms in total. The maximum absolute atomic E-state index is 12.1. The van der Waals surface area contributed by atoms with E-state index >= 15 is 0 Å². The minimum Gasteiger partial charge on any atom is -0.434 e. The summed E-state index contributed by atoms with van der Waals surface area (Å²) in [5.41, 5.74) is 2.00. The van der Waals surface area contributed by atoms with Crippen molar-refractivity contribution in [2.24, 2.45) is 0 Å². The number of rotatable bonds is 7. The largest absolute Gasteiger partial charge is 0.513 e. The second-order valence-corrected chi connectivity index (χ2v) is 5.69. The molecule has 0 saturated carbocycles. The second kappa shape index (κ2) is 9.96. The molecule has 0 atom stereocenters. The predicted molar refractivity (Wildman–Crippen MR) is 99.9 cm³/mol. The van der Waals surface area contributed by atoms with Crippen molar-refractivity contribution < 1.29 is 23.9 Å². The fraction of sp³-hybridized carbons (Fsp3) is 0.250. The van der Waals surface area contributed by atoms with Crippen molar-refractivity contribution in [3.05, 3.63) is 65.2 Å². The molecule has 2 rings (SSSR count). The summed E-state index contributed by atoms with van der Waals surface area (Å²) in [7, 11) is 0. The van der Waals surface area contributed by atoms with Crippen LogP contribution in [0.5, 0.6) is 5.75 Å². The fourth-order valence-electron chi connectivity index (χ4n) is 2.26. The number of nitrogens with one attached hydrogen (secondary N) is 2. The van der Waals surface area contributed by atoms with Crippen LogP contribution in [0.25, 0.3) is 0 Å². The van der Waals surface area contributed by atoms with Gasteiger partial charge in [-0.1, -0.05) is 17.7 Å². The molecule has 2 amide bonds. The molecule has 0 aliphatic rings. The van der Waals surface area contributed by atoms with E-state index in [4.69, 9.17) is 4.74 Å². The van der Waals surface area contributed by atoms with E-state index < -0.39 is 6.16 Å². The standard InChI is InChI=1S/C20H22N2O5/c1-3-26-20(25)27-17-9-7-15(8-10-17)18(23)21-11-12-22-19(24)16-6-4-5-14(2)13-16/h4-10,13H,3,11-12H2,1-2H3,(H,21,23)(H,22,24). The van der Waals surface area contributed by atoms with Gasteiger partial charge in [-0.15, -0.1) is 0 Å². The molecule has 2 N–H and O–H groups in total. The summed E-state index contributed by atoms with van der Waals surface area (Å²) < 4.78 is 9.60. The van der Waals surface area contributed by atoms with Crippen LogP contribution in [-0.2, 0) is 4.74 Å². The first-order valence-electron chi connectivity index (χ1n) is 8.57. The molecule has 0 saturated heterocycles. The van der Waals surface area contributed by atoms with Gasteiger partial charge in [-0.3, -0.25) is 9.59 Å². The first-order chi connectivity index (χ1) is 13.0. The Morgan fingerprint density at radius 3 is 2.11 bits per heavy atom.